The van der Waals surface area contributed by atoms with Crippen LogP contribution in [0.15, 0.2) is 42.5 Å². The molecule has 1 aliphatic carbocycles. The molecule has 1 fully saturated rings. The number of benzene rings is 2. The van der Waals surface area contributed by atoms with Crippen molar-refractivity contribution >= 4 is 29.1 Å². The molecule has 0 aliphatic heterocycles. The fourth-order valence-electron chi connectivity index (χ4n) is 3.17. The molecule has 0 radical (unpaired) electrons. The molecule has 3 rings (SSSR count). The van der Waals surface area contributed by atoms with Crippen LogP contribution in [0.1, 0.15) is 41.6 Å². The largest absolute Gasteiger partial charge is 0.484 e. The Hall–Kier alpha value is -2.53. The molecule has 0 spiro atoms. The number of hydrogen-bond acceptors (Lipinski definition) is 3. The van der Waals surface area contributed by atoms with Crippen molar-refractivity contribution in [2.24, 2.45) is 0 Å². The smallest absolute Gasteiger partial charge is 0.262 e. The molecule has 1 saturated carbocycles. The molecule has 0 bridgehead atoms. The van der Waals surface area contributed by atoms with Crippen LogP contribution in [0.2, 0.25) is 5.02 Å². The molecule has 0 aromatic heterocycles. The summed E-state index contributed by atoms with van der Waals surface area (Å²) < 4.78 is 5.51. The van der Waals surface area contributed by atoms with E-state index in [0.717, 1.165) is 31.2 Å². The molecule has 0 atom stereocenters. The summed E-state index contributed by atoms with van der Waals surface area (Å²) in [6.07, 6.45) is 4.30. The minimum Gasteiger partial charge on any atom is -0.484 e. The molecule has 2 aromatic carbocycles. The van der Waals surface area contributed by atoms with Crippen molar-refractivity contribution in [1.82, 2.24) is 5.32 Å². The predicted octanol–water partition coefficient (Wildman–Crippen LogP) is 4.34. The lowest BCUT2D eigenvalue weighted by atomic mass is 10.1. The van der Waals surface area contributed by atoms with E-state index in [1.807, 2.05) is 6.92 Å². The molecule has 27 heavy (non-hydrogen) atoms. The number of carbonyl (C=O) groups excluding carboxylic acids is 2. The second kappa shape index (κ2) is 8.91. The highest BCUT2D eigenvalue weighted by Crippen LogP contribution is 2.22. The zero-order valence-electron chi connectivity index (χ0n) is 15.3. The quantitative estimate of drug-likeness (QED) is 0.776. The highest BCUT2D eigenvalue weighted by molar-refractivity contribution is 6.31. The average molecular weight is 387 g/mol. The van der Waals surface area contributed by atoms with E-state index >= 15 is 0 Å². The predicted molar refractivity (Wildman–Crippen MR) is 106 cm³/mol. The topological polar surface area (TPSA) is 67.4 Å². The molecule has 2 aromatic rings. The van der Waals surface area contributed by atoms with Crippen molar-refractivity contribution in [1.29, 1.82) is 0 Å². The fraction of sp³-hybridized carbons (Fsp3) is 0.333. The van der Waals surface area contributed by atoms with Gasteiger partial charge in [0, 0.05) is 11.1 Å². The van der Waals surface area contributed by atoms with Crippen LogP contribution in [0.25, 0.3) is 0 Å². The zero-order chi connectivity index (χ0) is 19.2. The monoisotopic (exact) mass is 386 g/mol. The first kappa shape index (κ1) is 19.2. The Bertz CT molecular complexity index is 832. The average Bonchev–Trinajstić information content (AvgIpc) is 3.16. The van der Waals surface area contributed by atoms with Crippen LogP contribution in [0.4, 0.5) is 5.69 Å². The van der Waals surface area contributed by atoms with Crippen LogP contribution in [0.5, 0.6) is 5.75 Å². The molecule has 0 unspecified atom stereocenters. The third-order valence-corrected chi connectivity index (χ3v) is 5.06. The van der Waals surface area contributed by atoms with Crippen LogP contribution >= 0.6 is 11.6 Å². The summed E-state index contributed by atoms with van der Waals surface area (Å²) in [7, 11) is 0. The Morgan fingerprint density at radius 1 is 1.15 bits per heavy atom. The van der Waals surface area contributed by atoms with E-state index < -0.39 is 0 Å². The Labute approximate surface area is 164 Å². The fourth-order valence-corrected chi connectivity index (χ4v) is 3.28. The molecule has 2 N–H and O–H groups in total. The van der Waals surface area contributed by atoms with Crippen molar-refractivity contribution in [3.63, 3.8) is 0 Å². The van der Waals surface area contributed by atoms with Gasteiger partial charge in [-0.3, -0.25) is 9.59 Å². The van der Waals surface area contributed by atoms with Gasteiger partial charge in [-0.15, -0.1) is 0 Å². The number of halogens is 1. The summed E-state index contributed by atoms with van der Waals surface area (Å²) >= 11 is 5.99. The molecular formula is C21H23ClN2O3. The number of anilines is 1. The summed E-state index contributed by atoms with van der Waals surface area (Å²) in [5.41, 5.74) is 1.82. The summed E-state index contributed by atoms with van der Waals surface area (Å²) in [6.45, 7) is 1.72. The molecular weight excluding hydrogens is 364 g/mol. The van der Waals surface area contributed by atoms with Gasteiger partial charge in [0.05, 0.1) is 11.3 Å². The second-order valence-electron chi connectivity index (χ2n) is 6.75. The highest BCUT2D eigenvalue weighted by atomic mass is 35.5. The van der Waals surface area contributed by atoms with E-state index in [1.165, 1.54) is 0 Å². The normalized spacial score (nSPS) is 14.0. The van der Waals surface area contributed by atoms with Gasteiger partial charge in [-0.1, -0.05) is 36.6 Å². The van der Waals surface area contributed by atoms with E-state index in [-0.39, 0.29) is 24.5 Å². The van der Waals surface area contributed by atoms with Crippen molar-refractivity contribution in [2.45, 2.75) is 38.6 Å². The van der Waals surface area contributed by atoms with Gasteiger partial charge in [-0.2, -0.15) is 0 Å². The summed E-state index contributed by atoms with van der Waals surface area (Å²) in [6, 6.07) is 12.4. The minimum atomic E-state index is -0.330. The lowest BCUT2D eigenvalue weighted by Crippen LogP contribution is -2.33. The standard InChI is InChI=1S/C21H23ClN2O3/c1-14-12-16(10-11-18(14)22)27-13-20(25)24-19-9-5-4-8-17(19)21(26)23-15-6-2-3-7-15/h4-5,8-12,15H,2-3,6-7,13H2,1H3,(H,23,26)(H,24,25). The summed E-state index contributed by atoms with van der Waals surface area (Å²) in [5.74, 6) is 0.0788. The molecule has 1 aliphatic rings. The van der Waals surface area contributed by atoms with Crippen molar-refractivity contribution in [2.75, 3.05) is 11.9 Å². The Kier molecular flexibility index (Phi) is 6.35. The van der Waals surface area contributed by atoms with E-state index in [2.05, 4.69) is 10.6 Å². The number of nitrogens with one attached hydrogen (secondary N) is 2. The number of amides is 2. The molecule has 2 amide bonds. The lowest BCUT2D eigenvalue weighted by molar-refractivity contribution is -0.118. The first-order valence-corrected chi connectivity index (χ1v) is 9.49. The molecule has 0 heterocycles. The van der Waals surface area contributed by atoms with Crippen molar-refractivity contribution < 1.29 is 14.3 Å². The van der Waals surface area contributed by atoms with Gasteiger partial charge in [-0.05, 0) is 55.7 Å². The molecule has 142 valence electrons. The number of aryl methyl sites for hydroxylation is 1. The van der Waals surface area contributed by atoms with Crippen LogP contribution in [-0.2, 0) is 4.79 Å². The van der Waals surface area contributed by atoms with Gasteiger partial charge in [0.15, 0.2) is 6.61 Å². The van der Waals surface area contributed by atoms with E-state index in [0.29, 0.717) is 22.0 Å². The number of carbonyl (C=O) groups is 2. The first-order valence-electron chi connectivity index (χ1n) is 9.11. The molecule has 0 saturated heterocycles. The lowest BCUT2D eigenvalue weighted by Gasteiger charge is -2.15. The first-order chi connectivity index (χ1) is 13.0. The Morgan fingerprint density at radius 2 is 1.89 bits per heavy atom. The van der Waals surface area contributed by atoms with Gasteiger partial charge < -0.3 is 15.4 Å². The maximum Gasteiger partial charge on any atom is 0.262 e. The van der Waals surface area contributed by atoms with Crippen LogP contribution in [0, 0.1) is 6.92 Å². The maximum absolute atomic E-state index is 12.5. The van der Waals surface area contributed by atoms with E-state index in [1.54, 1.807) is 42.5 Å². The second-order valence-corrected chi connectivity index (χ2v) is 7.16. The maximum atomic E-state index is 12.5. The molecule has 5 nitrogen and oxygen atoms in total. The Balaban J connectivity index is 1.60. The third-order valence-electron chi connectivity index (χ3n) is 4.64. The van der Waals surface area contributed by atoms with Gasteiger partial charge in [0.25, 0.3) is 11.8 Å². The summed E-state index contributed by atoms with van der Waals surface area (Å²) in [4.78, 5) is 24.8. The van der Waals surface area contributed by atoms with Gasteiger partial charge >= 0.3 is 0 Å². The minimum absolute atomic E-state index is 0.153. The van der Waals surface area contributed by atoms with Gasteiger partial charge in [0.1, 0.15) is 5.75 Å². The van der Waals surface area contributed by atoms with E-state index in [4.69, 9.17) is 16.3 Å². The third kappa shape index (κ3) is 5.23. The number of ether oxygens (including phenoxy) is 1. The SMILES string of the molecule is Cc1cc(OCC(=O)Nc2ccccc2C(=O)NC2CCCC2)ccc1Cl. The van der Waals surface area contributed by atoms with E-state index in [9.17, 15) is 9.59 Å². The number of rotatable bonds is 6. The van der Waals surface area contributed by atoms with Crippen molar-refractivity contribution in [3.8, 4) is 5.75 Å². The zero-order valence-corrected chi connectivity index (χ0v) is 16.0. The van der Waals surface area contributed by atoms with Gasteiger partial charge in [0.2, 0.25) is 0 Å². The van der Waals surface area contributed by atoms with Crippen LogP contribution in [0.3, 0.4) is 0 Å². The van der Waals surface area contributed by atoms with Crippen LogP contribution in [-0.4, -0.2) is 24.5 Å². The Morgan fingerprint density at radius 3 is 2.63 bits per heavy atom. The van der Waals surface area contributed by atoms with Crippen LogP contribution < -0.4 is 15.4 Å². The highest BCUT2D eigenvalue weighted by Gasteiger charge is 2.20. The number of hydrogen-bond donors (Lipinski definition) is 2. The van der Waals surface area contributed by atoms with Gasteiger partial charge in [-0.25, -0.2) is 0 Å². The molecule has 6 heteroatoms. The number of para-hydroxylation sites is 1. The summed E-state index contributed by atoms with van der Waals surface area (Å²) in [5, 5.41) is 6.45. The van der Waals surface area contributed by atoms with Crippen molar-refractivity contribution in [3.05, 3.63) is 58.6 Å².